The second-order valence-electron chi connectivity index (χ2n) is 5.37. The van der Waals surface area contributed by atoms with Crippen molar-refractivity contribution in [3.63, 3.8) is 0 Å². The average molecular weight is 269 g/mol. The standard InChI is InChI=1S/C13H17ClN2O2/c1-13(2,3)18-12(17)16-6-4-5-9-7-10(14)8-15-11(9)16/h7-8H,4-6H2,1-3H3. The van der Waals surface area contributed by atoms with Gasteiger partial charge in [-0.2, -0.15) is 0 Å². The predicted molar refractivity (Wildman–Crippen MR) is 71.1 cm³/mol. The molecule has 0 bridgehead atoms. The quantitative estimate of drug-likeness (QED) is 0.724. The maximum atomic E-state index is 12.1. The third kappa shape index (κ3) is 2.93. The van der Waals surface area contributed by atoms with Crippen LogP contribution in [0.15, 0.2) is 12.3 Å². The lowest BCUT2D eigenvalue weighted by Crippen LogP contribution is -2.40. The summed E-state index contributed by atoms with van der Waals surface area (Å²) in [5.74, 6) is 0.667. The number of ether oxygens (including phenoxy) is 1. The lowest BCUT2D eigenvalue weighted by Gasteiger charge is -2.30. The summed E-state index contributed by atoms with van der Waals surface area (Å²) in [6.45, 7) is 6.19. The first-order valence-corrected chi connectivity index (χ1v) is 6.39. The van der Waals surface area contributed by atoms with Gasteiger partial charge in [-0.15, -0.1) is 0 Å². The Bertz CT molecular complexity index is 469. The van der Waals surface area contributed by atoms with Crippen LogP contribution >= 0.6 is 11.6 Å². The highest BCUT2D eigenvalue weighted by atomic mass is 35.5. The van der Waals surface area contributed by atoms with Gasteiger partial charge in [-0.3, -0.25) is 4.90 Å². The van der Waals surface area contributed by atoms with E-state index in [2.05, 4.69) is 4.98 Å². The first kappa shape index (κ1) is 13.1. The number of amides is 1. The van der Waals surface area contributed by atoms with Crippen molar-refractivity contribution in [3.8, 4) is 0 Å². The zero-order valence-corrected chi connectivity index (χ0v) is 11.6. The number of anilines is 1. The number of aromatic nitrogens is 1. The van der Waals surface area contributed by atoms with E-state index in [0.717, 1.165) is 18.4 Å². The first-order valence-electron chi connectivity index (χ1n) is 6.02. The topological polar surface area (TPSA) is 42.4 Å². The number of aryl methyl sites for hydroxylation is 1. The molecule has 2 rings (SSSR count). The molecule has 1 aromatic heterocycles. The highest BCUT2D eigenvalue weighted by molar-refractivity contribution is 6.30. The van der Waals surface area contributed by atoms with Gasteiger partial charge in [0.15, 0.2) is 0 Å². The highest BCUT2D eigenvalue weighted by Crippen LogP contribution is 2.28. The number of carbonyl (C=O) groups is 1. The van der Waals surface area contributed by atoms with Crippen LogP contribution < -0.4 is 4.90 Å². The molecule has 2 heterocycles. The van der Waals surface area contributed by atoms with Gasteiger partial charge in [-0.1, -0.05) is 11.6 Å². The molecule has 0 aromatic carbocycles. The van der Waals surface area contributed by atoms with Gasteiger partial charge < -0.3 is 4.74 Å². The third-order valence-electron chi connectivity index (χ3n) is 2.61. The number of halogens is 1. The Morgan fingerprint density at radius 1 is 1.50 bits per heavy atom. The molecule has 0 radical (unpaired) electrons. The van der Waals surface area contributed by atoms with Crippen molar-refractivity contribution < 1.29 is 9.53 Å². The van der Waals surface area contributed by atoms with E-state index in [0.29, 0.717) is 17.4 Å². The molecule has 0 unspecified atom stereocenters. The Balaban J connectivity index is 2.25. The van der Waals surface area contributed by atoms with Gasteiger partial charge >= 0.3 is 6.09 Å². The number of nitrogens with zero attached hydrogens (tertiary/aromatic N) is 2. The van der Waals surface area contributed by atoms with Crippen molar-refractivity contribution in [1.82, 2.24) is 4.98 Å². The molecule has 4 nitrogen and oxygen atoms in total. The molecule has 0 spiro atoms. The SMILES string of the molecule is CC(C)(C)OC(=O)N1CCCc2cc(Cl)cnc21. The fourth-order valence-electron chi connectivity index (χ4n) is 1.93. The first-order chi connectivity index (χ1) is 8.37. The summed E-state index contributed by atoms with van der Waals surface area (Å²) < 4.78 is 5.38. The lowest BCUT2D eigenvalue weighted by molar-refractivity contribution is 0.0576. The van der Waals surface area contributed by atoms with Crippen LogP contribution in [-0.2, 0) is 11.2 Å². The minimum atomic E-state index is -0.499. The summed E-state index contributed by atoms with van der Waals surface area (Å²) in [4.78, 5) is 17.9. The van der Waals surface area contributed by atoms with Crippen LogP contribution in [-0.4, -0.2) is 23.2 Å². The van der Waals surface area contributed by atoms with Crippen molar-refractivity contribution in [1.29, 1.82) is 0 Å². The zero-order chi connectivity index (χ0) is 13.3. The molecule has 98 valence electrons. The Kier molecular flexibility index (Phi) is 3.48. The van der Waals surface area contributed by atoms with Crippen molar-refractivity contribution in [2.45, 2.75) is 39.2 Å². The van der Waals surface area contributed by atoms with E-state index in [1.165, 1.54) is 0 Å². The summed E-state index contributed by atoms with van der Waals surface area (Å²) in [5, 5.41) is 0.597. The molecule has 0 atom stereocenters. The van der Waals surface area contributed by atoms with E-state index in [1.54, 1.807) is 11.1 Å². The fraction of sp³-hybridized carbons (Fsp3) is 0.538. The fourth-order valence-corrected chi connectivity index (χ4v) is 2.11. The Morgan fingerprint density at radius 3 is 2.89 bits per heavy atom. The zero-order valence-electron chi connectivity index (χ0n) is 10.9. The number of pyridine rings is 1. The van der Waals surface area contributed by atoms with Crippen LogP contribution in [0.1, 0.15) is 32.8 Å². The normalized spacial score (nSPS) is 15.2. The van der Waals surface area contributed by atoms with Crippen LogP contribution in [0.25, 0.3) is 0 Å². The Labute approximate surface area is 112 Å². The summed E-state index contributed by atoms with van der Waals surface area (Å²) in [7, 11) is 0. The van der Waals surface area contributed by atoms with Crippen LogP contribution in [0.5, 0.6) is 0 Å². The molecule has 0 saturated heterocycles. The van der Waals surface area contributed by atoms with Crippen LogP contribution in [0.2, 0.25) is 5.02 Å². The van der Waals surface area contributed by atoms with E-state index >= 15 is 0 Å². The molecule has 18 heavy (non-hydrogen) atoms. The highest BCUT2D eigenvalue weighted by Gasteiger charge is 2.28. The van der Waals surface area contributed by atoms with E-state index in [1.807, 2.05) is 26.8 Å². The molecular formula is C13H17ClN2O2. The molecule has 1 amide bonds. The van der Waals surface area contributed by atoms with Crippen molar-refractivity contribution in [2.75, 3.05) is 11.4 Å². The second-order valence-corrected chi connectivity index (χ2v) is 5.81. The monoisotopic (exact) mass is 268 g/mol. The van der Waals surface area contributed by atoms with E-state index in [4.69, 9.17) is 16.3 Å². The molecule has 1 aliphatic rings. The number of hydrogen-bond donors (Lipinski definition) is 0. The molecule has 0 saturated carbocycles. The molecule has 0 N–H and O–H groups in total. The van der Waals surface area contributed by atoms with Crippen LogP contribution in [0, 0.1) is 0 Å². The van der Waals surface area contributed by atoms with Crippen molar-refractivity contribution in [3.05, 3.63) is 22.8 Å². The summed E-state index contributed by atoms with van der Waals surface area (Å²) in [6.07, 6.45) is 3.00. The number of fused-ring (bicyclic) bond motifs is 1. The van der Waals surface area contributed by atoms with Gasteiger partial charge in [-0.05, 0) is 45.2 Å². The number of carbonyl (C=O) groups excluding carboxylic acids is 1. The molecule has 1 aliphatic heterocycles. The number of rotatable bonds is 0. The molecule has 0 fully saturated rings. The smallest absolute Gasteiger partial charge is 0.416 e. The van der Waals surface area contributed by atoms with Gasteiger partial charge in [0.25, 0.3) is 0 Å². The maximum absolute atomic E-state index is 12.1. The average Bonchev–Trinajstić information content (AvgIpc) is 2.25. The van der Waals surface area contributed by atoms with Crippen LogP contribution in [0.3, 0.4) is 0 Å². The summed E-state index contributed by atoms with van der Waals surface area (Å²) >= 11 is 5.91. The Morgan fingerprint density at radius 2 is 2.22 bits per heavy atom. The summed E-state index contributed by atoms with van der Waals surface area (Å²) in [5.41, 5.74) is 0.501. The predicted octanol–water partition coefficient (Wildman–Crippen LogP) is 3.42. The lowest BCUT2D eigenvalue weighted by atomic mass is 10.1. The number of hydrogen-bond acceptors (Lipinski definition) is 3. The van der Waals surface area contributed by atoms with Gasteiger partial charge in [0.1, 0.15) is 11.4 Å². The minimum Gasteiger partial charge on any atom is -0.443 e. The molecule has 5 heteroatoms. The Hall–Kier alpha value is -1.29. The van der Waals surface area contributed by atoms with Gasteiger partial charge in [-0.25, -0.2) is 9.78 Å². The van der Waals surface area contributed by atoms with Crippen molar-refractivity contribution in [2.24, 2.45) is 0 Å². The van der Waals surface area contributed by atoms with Gasteiger partial charge in [0.05, 0.1) is 5.02 Å². The van der Waals surface area contributed by atoms with E-state index in [9.17, 15) is 4.79 Å². The largest absolute Gasteiger partial charge is 0.443 e. The second kappa shape index (κ2) is 4.76. The van der Waals surface area contributed by atoms with Crippen molar-refractivity contribution >= 4 is 23.5 Å². The summed E-state index contributed by atoms with van der Waals surface area (Å²) in [6, 6.07) is 1.86. The third-order valence-corrected chi connectivity index (χ3v) is 2.81. The molecular weight excluding hydrogens is 252 g/mol. The molecule has 1 aromatic rings. The van der Waals surface area contributed by atoms with Gasteiger partial charge in [0, 0.05) is 12.7 Å². The van der Waals surface area contributed by atoms with E-state index < -0.39 is 5.60 Å². The van der Waals surface area contributed by atoms with E-state index in [-0.39, 0.29) is 6.09 Å². The molecule has 0 aliphatic carbocycles. The van der Waals surface area contributed by atoms with Gasteiger partial charge in [0.2, 0.25) is 0 Å². The minimum absolute atomic E-state index is 0.349. The maximum Gasteiger partial charge on any atom is 0.416 e. The van der Waals surface area contributed by atoms with Crippen LogP contribution in [0.4, 0.5) is 10.6 Å².